The first-order valence-electron chi connectivity index (χ1n) is 4.94. The average Bonchev–Trinajstić information content (AvgIpc) is 2.71. The van der Waals surface area contributed by atoms with Crippen LogP contribution in [0, 0.1) is 11.3 Å². The Labute approximate surface area is 92.7 Å². The molecule has 0 saturated carbocycles. The van der Waals surface area contributed by atoms with Gasteiger partial charge in [-0.25, -0.2) is 4.79 Å². The van der Waals surface area contributed by atoms with Crippen molar-refractivity contribution in [1.82, 2.24) is 4.40 Å². The Hall–Kier alpha value is -2.28. The van der Waals surface area contributed by atoms with E-state index in [4.69, 9.17) is 10.00 Å². The molecule has 2 aromatic heterocycles. The molecule has 0 fully saturated rings. The molecule has 0 spiro atoms. The Bertz CT molecular complexity index is 578. The highest BCUT2D eigenvalue weighted by Crippen LogP contribution is 2.14. The summed E-state index contributed by atoms with van der Waals surface area (Å²) < 4.78 is 6.69. The number of carbonyl (C=O) groups is 1. The van der Waals surface area contributed by atoms with Crippen molar-refractivity contribution in [1.29, 1.82) is 5.26 Å². The van der Waals surface area contributed by atoms with Crippen molar-refractivity contribution < 1.29 is 9.53 Å². The number of pyridine rings is 1. The normalized spacial score (nSPS) is 10.0. The van der Waals surface area contributed by atoms with Gasteiger partial charge in [-0.3, -0.25) is 0 Å². The molecule has 4 nitrogen and oxygen atoms in total. The van der Waals surface area contributed by atoms with Gasteiger partial charge in [0.1, 0.15) is 6.07 Å². The van der Waals surface area contributed by atoms with Gasteiger partial charge >= 0.3 is 5.97 Å². The molecule has 0 amide bonds. The van der Waals surface area contributed by atoms with Crippen LogP contribution in [0.3, 0.4) is 0 Å². The van der Waals surface area contributed by atoms with Crippen LogP contribution in [0.4, 0.5) is 0 Å². The van der Waals surface area contributed by atoms with Crippen LogP contribution >= 0.6 is 0 Å². The Morgan fingerprint density at radius 2 is 2.25 bits per heavy atom. The van der Waals surface area contributed by atoms with Crippen molar-refractivity contribution in [3.63, 3.8) is 0 Å². The topological polar surface area (TPSA) is 54.5 Å². The van der Waals surface area contributed by atoms with Crippen LogP contribution < -0.4 is 0 Å². The van der Waals surface area contributed by atoms with Gasteiger partial charge < -0.3 is 9.14 Å². The number of ether oxygens (including phenoxy) is 1. The summed E-state index contributed by atoms with van der Waals surface area (Å²) in [6.07, 6.45) is 3.52. The minimum Gasteiger partial charge on any atom is -0.462 e. The number of fused-ring (bicyclic) bond motifs is 1. The van der Waals surface area contributed by atoms with Crippen molar-refractivity contribution in [3.05, 3.63) is 41.7 Å². The van der Waals surface area contributed by atoms with Crippen LogP contribution in [0.1, 0.15) is 22.8 Å². The zero-order valence-electron chi connectivity index (χ0n) is 8.80. The molecule has 16 heavy (non-hydrogen) atoms. The van der Waals surface area contributed by atoms with E-state index in [9.17, 15) is 4.79 Å². The SMILES string of the molecule is CCOC(=O)c1ccn2ccc(C#N)c2c1. The molecule has 0 unspecified atom stereocenters. The fourth-order valence-corrected chi connectivity index (χ4v) is 1.53. The van der Waals surface area contributed by atoms with E-state index in [2.05, 4.69) is 6.07 Å². The molecule has 2 aromatic rings. The van der Waals surface area contributed by atoms with Gasteiger partial charge in [0.2, 0.25) is 0 Å². The third kappa shape index (κ3) is 1.63. The summed E-state index contributed by atoms with van der Waals surface area (Å²) in [4.78, 5) is 11.5. The predicted molar refractivity (Wildman–Crippen MR) is 58.1 cm³/mol. The molecule has 0 atom stereocenters. The van der Waals surface area contributed by atoms with Crippen LogP contribution in [0.2, 0.25) is 0 Å². The van der Waals surface area contributed by atoms with Crippen LogP contribution in [0.25, 0.3) is 5.52 Å². The first-order chi connectivity index (χ1) is 7.76. The van der Waals surface area contributed by atoms with Crippen molar-refractivity contribution in [2.24, 2.45) is 0 Å². The summed E-state index contributed by atoms with van der Waals surface area (Å²) in [6.45, 7) is 2.10. The molecular weight excluding hydrogens is 204 g/mol. The fourth-order valence-electron chi connectivity index (χ4n) is 1.53. The maximum absolute atomic E-state index is 11.5. The minimum atomic E-state index is -0.366. The van der Waals surface area contributed by atoms with Crippen LogP contribution in [0.5, 0.6) is 0 Å². The summed E-state index contributed by atoms with van der Waals surface area (Å²) in [5, 5.41) is 8.88. The maximum atomic E-state index is 11.5. The number of aromatic nitrogens is 1. The second-order valence-electron chi connectivity index (χ2n) is 3.27. The second-order valence-corrected chi connectivity index (χ2v) is 3.27. The second kappa shape index (κ2) is 4.07. The van der Waals surface area contributed by atoms with Gasteiger partial charge in [0, 0.05) is 12.4 Å². The van der Waals surface area contributed by atoms with Gasteiger partial charge in [-0.05, 0) is 25.1 Å². The van der Waals surface area contributed by atoms with Gasteiger partial charge in [-0.15, -0.1) is 0 Å². The first kappa shape index (κ1) is 10.2. The van der Waals surface area contributed by atoms with Gasteiger partial charge in [0.05, 0.1) is 23.3 Å². The molecule has 4 heteroatoms. The number of carbonyl (C=O) groups excluding carboxylic acids is 1. The molecule has 0 bridgehead atoms. The molecule has 0 aliphatic heterocycles. The molecule has 2 rings (SSSR count). The first-order valence-corrected chi connectivity index (χ1v) is 4.94. The third-order valence-electron chi connectivity index (χ3n) is 2.29. The molecule has 0 aromatic carbocycles. The van der Waals surface area contributed by atoms with Gasteiger partial charge in [0.15, 0.2) is 0 Å². The summed E-state index contributed by atoms with van der Waals surface area (Å²) in [7, 11) is 0. The van der Waals surface area contributed by atoms with E-state index in [0.717, 1.165) is 0 Å². The zero-order chi connectivity index (χ0) is 11.5. The molecule has 0 radical (unpaired) electrons. The lowest BCUT2D eigenvalue weighted by Gasteiger charge is -2.02. The highest BCUT2D eigenvalue weighted by molar-refractivity contribution is 5.91. The van der Waals surface area contributed by atoms with Crippen LogP contribution in [-0.4, -0.2) is 17.0 Å². The highest BCUT2D eigenvalue weighted by atomic mass is 16.5. The monoisotopic (exact) mass is 214 g/mol. The third-order valence-corrected chi connectivity index (χ3v) is 2.29. The average molecular weight is 214 g/mol. The van der Waals surface area contributed by atoms with Crippen molar-refractivity contribution in [3.8, 4) is 6.07 Å². The predicted octanol–water partition coefficient (Wildman–Crippen LogP) is 1.99. The van der Waals surface area contributed by atoms with Gasteiger partial charge in [-0.2, -0.15) is 5.26 Å². The fraction of sp³-hybridized carbons (Fsp3) is 0.167. The van der Waals surface area contributed by atoms with Crippen molar-refractivity contribution in [2.45, 2.75) is 6.92 Å². The van der Waals surface area contributed by atoms with E-state index in [1.165, 1.54) is 0 Å². The Balaban J connectivity index is 2.50. The quantitative estimate of drug-likeness (QED) is 0.718. The number of nitrogens with zero attached hydrogens (tertiary/aromatic N) is 2. The van der Waals surface area contributed by atoms with E-state index in [0.29, 0.717) is 23.3 Å². The van der Waals surface area contributed by atoms with Crippen LogP contribution in [-0.2, 0) is 4.74 Å². The van der Waals surface area contributed by atoms with E-state index < -0.39 is 0 Å². The number of esters is 1. The molecular formula is C12H10N2O2. The van der Waals surface area contributed by atoms with Crippen molar-refractivity contribution >= 4 is 11.5 Å². The Morgan fingerprint density at radius 3 is 2.94 bits per heavy atom. The maximum Gasteiger partial charge on any atom is 0.338 e. The van der Waals surface area contributed by atoms with Crippen LogP contribution in [0.15, 0.2) is 30.6 Å². The largest absolute Gasteiger partial charge is 0.462 e. The van der Waals surface area contributed by atoms with Gasteiger partial charge in [0.25, 0.3) is 0 Å². The minimum absolute atomic E-state index is 0.343. The number of hydrogen-bond donors (Lipinski definition) is 0. The smallest absolute Gasteiger partial charge is 0.338 e. The molecule has 80 valence electrons. The highest BCUT2D eigenvalue weighted by Gasteiger charge is 2.09. The number of nitriles is 1. The molecule has 0 saturated heterocycles. The summed E-state index contributed by atoms with van der Waals surface area (Å²) in [5.74, 6) is -0.366. The lowest BCUT2D eigenvalue weighted by atomic mass is 10.2. The zero-order valence-corrected chi connectivity index (χ0v) is 8.80. The van der Waals surface area contributed by atoms with E-state index in [1.807, 2.05) is 0 Å². The van der Waals surface area contributed by atoms with E-state index >= 15 is 0 Å². The summed E-state index contributed by atoms with van der Waals surface area (Å²) >= 11 is 0. The van der Waals surface area contributed by atoms with E-state index in [1.54, 1.807) is 41.9 Å². The number of hydrogen-bond acceptors (Lipinski definition) is 3. The molecule has 0 aliphatic carbocycles. The summed E-state index contributed by atoms with van der Waals surface area (Å²) in [5.41, 5.74) is 1.73. The molecule has 0 N–H and O–H groups in total. The number of rotatable bonds is 2. The lowest BCUT2D eigenvalue weighted by molar-refractivity contribution is 0.0526. The summed E-state index contributed by atoms with van der Waals surface area (Å²) in [6, 6.07) is 7.12. The van der Waals surface area contributed by atoms with Crippen molar-refractivity contribution in [2.75, 3.05) is 6.61 Å². The Kier molecular flexibility index (Phi) is 2.61. The van der Waals surface area contributed by atoms with E-state index in [-0.39, 0.29) is 5.97 Å². The Morgan fingerprint density at radius 1 is 1.50 bits per heavy atom. The molecule has 0 aliphatic rings. The molecule has 2 heterocycles. The van der Waals surface area contributed by atoms with Gasteiger partial charge in [-0.1, -0.05) is 0 Å². The standard InChI is InChI=1S/C12H10N2O2/c1-2-16-12(15)9-3-5-14-6-4-10(8-13)11(14)7-9/h3-7H,2H2,1H3. The lowest BCUT2D eigenvalue weighted by Crippen LogP contribution is -2.04.